The van der Waals surface area contributed by atoms with Crippen LogP contribution in [0.15, 0.2) is 41.2 Å². The van der Waals surface area contributed by atoms with Crippen LogP contribution < -0.4 is 4.84 Å². The number of hydrogen-bond donors (Lipinski definition) is 0. The third-order valence-electron chi connectivity index (χ3n) is 5.18. The van der Waals surface area contributed by atoms with Gasteiger partial charge in [-0.1, -0.05) is 12.1 Å². The Labute approximate surface area is 130 Å². The van der Waals surface area contributed by atoms with Crippen molar-refractivity contribution < 1.29 is 4.84 Å². The lowest BCUT2D eigenvalue weighted by Gasteiger charge is -2.34. The lowest BCUT2D eigenvalue weighted by atomic mass is 10.1. The Kier molecular flexibility index (Phi) is 2.70. The molecule has 3 fully saturated rings. The van der Waals surface area contributed by atoms with Gasteiger partial charge >= 0.3 is 0 Å². The van der Waals surface area contributed by atoms with Crippen molar-refractivity contribution in [1.82, 2.24) is 14.9 Å². The minimum Gasteiger partial charge on any atom is -0.377 e. The molecular weight excluding hydrogens is 276 g/mol. The fourth-order valence-electron chi connectivity index (χ4n) is 3.96. The molecule has 6 rings (SSSR count). The van der Waals surface area contributed by atoms with Gasteiger partial charge in [0.25, 0.3) is 0 Å². The quantitative estimate of drug-likeness (QED) is 0.789. The van der Waals surface area contributed by atoms with Crippen LogP contribution in [-0.2, 0) is 0 Å². The molecule has 5 aliphatic rings. The van der Waals surface area contributed by atoms with Crippen molar-refractivity contribution in [3.8, 4) is 5.75 Å². The van der Waals surface area contributed by atoms with E-state index in [0.29, 0.717) is 6.04 Å². The topological polar surface area (TPSA) is 31.3 Å². The molecule has 3 saturated heterocycles. The minimum atomic E-state index is 0.651. The van der Waals surface area contributed by atoms with Crippen LogP contribution in [0.5, 0.6) is 5.75 Å². The second-order valence-corrected chi connectivity index (χ2v) is 6.41. The van der Waals surface area contributed by atoms with Gasteiger partial charge in [0, 0.05) is 32.2 Å². The Hall–Kier alpha value is -2.01. The van der Waals surface area contributed by atoms with E-state index in [4.69, 9.17) is 9.83 Å². The summed E-state index contributed by atoms with van der Waals surface area (Å²) in [6.07, 6.45) is 4.74. The van der Waals surface area contributed by atoms with Gasteiger partial charge in [0.2, 0.25) is 0 Å². The van der Waals surface area contributed by atoms with Gasteiger partial charge in [0.15, 0.2) is 11.6 Å². The predicted octanol–water partition coefficient (Wildman–Crippen LogP) is 1.68. The zero-order valence-corrected chi connectivity index (χ0v) is 12.6. The number of fused-ring (bicyclic) bond motifs is 7. The molecular formula is C17H20N4O. The van der Waals surface area contributed by atoms with E-state index in [1.807, 2.05) is 23.3 Å². The van der Waals surface area contributed by atoms with Gasteiger partial charge in [-0.2, -0.15) is 5.06 Å². The van der Waals surface area contributed by atoms with Crippen molar-refractivity contribution in [3.63, 3.8) is 0 Å². The summed E-state index contributed by atoms with van der Waals surface area (Å²) in [6, 6.07) is 8.81. The fraction of sp³-hybridized carbons (Fsp3) is 0.471. The van der Waals surface area contributed by atoms with Crippen molar-refractivity contribution in [3.05, 3.63) is 41.7 Å². The van der Waals surface area contributed by atoms with Gasteiger partial charge in [0.1, 0.15) is 5.82 Å². The number of hydroxylamine groups is 2. The molecule has 0 aliphatic carbocycles. The maximum Gasteiger partial charge on any atom is 0.177 e. The van der Waals surface area contributed by atoms with E-state index in [2.05, 4.69) is 21.9 Å². The van der Waals surface area contributed by atoms with Crippen LogP contribution in [0.2, 0.25) is 0 Å². The first-order chi connectivity index (χ1) is 10.9. The summed E-state index contributed by atoms with van der Waals surface area (Å²) in [7, 11) is 0. The lowest BCUT2D eigenvalue weighted by Crippen LogP contribution is -2.40. The summed E-state index contributed by atoms with van der Waals surface area (Å²) in [5.74, 6) is 3.02. The van der Waals surface area contributed by atoms with Crippen LogP contribution in [0.25, 0.3) is 0 Å². The monoisotopic (exact) mass is 296 g/mol. The van der Waals surface area contributed by atoms with Crippen LogP contribution in [0.1, 0.15) is 18.4 Å². The van der Waals surface area contributed by atoms with Gasteiger partial charge in [0.05, 0.1) is 12.1 Å². The zero-order valence-electron chi connectivity index (χ0n) is 12.6. The SMILES string of the molecule is C1=C(N2CCN3CCC2CC3)N=C2c3ccccc3ON2C1. The molecule has 0 aromatic heterocycles. The first-order valence-electron chi connectivity index (χ1n) is 8.21. The van der Waals surface area contributed by atoms with Crippen molar-refractivity contribution in [1.29, 1.82) is 0 Å². The van der Waals surface area contributed by atoms with Crippen molar-refractivity contribution in [2.45, 2.75) is 18.9 Å². The van der Waals surface area contributed by atoms with Crippen LogP contribution in [-0.4, -0.2) is 59.5 Å². The van der Waals surface area contributed by atoms with E-state index in [0.717, 1.165) is 42.6 Å². The van der Waals surface area contributed by atoms with Crippen molar-refractivity contribution in [2.24, 2.45) is 4.99 Å². The maximum absolute atomic E-state index is 5.86. The van der Waals surface area contributed by atoms with E-state index < -0.39 is 0 Å². The van der Waals surface area contributed by atoms with E-state index in [1.54, 1.807) is 0 Å². The molecule has 0 unspecified atom stereocenters. The van der Waals surface area contributed by atoms with Crippen LogP contribution in [0.3, 0.4) is 0 Å². The second-order valence-electron chi connectivity index (χ2n) is 6.41. The van der Waals surface area contributed by atoms with Crippen molar-refractivity contribution >= 4 is 5.84 Å². The Bertz CT molecular complexity index is 660. The highest BCUT2D eigenvalue weighted by Crippen LogP contribution is 2.32. The first kappa shape index (κ1) is 12.5. The van der Waals surface area contributed by atoms with Gasteiger partial charge < -0.3 is 14.6 Å². The van der Waals surface area contributed by atoms with Crippen LogP contribution in [0, 0.1) is 0 Å². The highest BCUT2D eigenvalue weighted by atomic mass is 16.7. The number of amidine groups is 1. The Morgan fingerprint density at radius 1 is 1.05 bits per heavy atom. The molecule has 1 aromatic rings. The van der Waals surface area contributed by atoms with E-state index in [1.165, 1.54) is 25.9 Å². The molecule has 0 saturated carbocycles. The number of para-hydroxylation sites is 1. The maximum atomic E-state index is 5.86. The summed E-state index contributed by atoms with van der Waals surface area (Å²) in [6.45, 7) is 5.51. The number of aliphatic imine (C=N–C) groups is 1. The van der Waals surface area contributed by atoms with Gasteiger partial charge in [-0.3, -0.25) is 0 Å². The Morgan fingerprint density at radius 3 is 2.82 bits per heavy atom. The minimum absolute atomic E-state index is 0.651. The average molecular weight is 296 g/mol. The highest BCUT2D eigenvalue weighted by Gasteiger charge is 2.34. The Morgan fingerprint density at radius 2 is 1.91 bits per heavy atom. The smallest absolute Gasteiger partial charge is 0.177 e. The van der Waals surface area contributed by atoms with Crippen LogP contribution in [0.4, 0.5) is 0 Å². The lowest BCUT2D eigenvalue weighted by molar-refractivity contribution is 0.0426. The van der Waals surface area contributed by atoms with E-state index >= 15 is 0 Å². The highest BCUT2D eigenvalue weighted by molar-refractivity contribution is 6.03. The normalized spacial score (nSPS) is 29.3. The first-order valence-corrected chi connectivity index (χ1v) is 8.21. The molecule has 22 heavy (non-hydrogen) atoms. The molecule has 1 aromatic carbocycles. The molecule has 0 atom stereocenters. The molecule has 114 valence electrons. The number of rotatable bonds is 1. The molecule has 5 heterocycles. The zero-order chi connectivity index (χ0) is 14.5. The Balaban J connectivity index is 1.49. The summed E-state index contributed by atoms with van der Waals surface area (Å²) < 4.78 is 0. The van der Waals surface area contributed by atoms with E-state index in [-0.39, 0.29) is 0 Å². The fourth-order valence-corrected chi connectivity index (χ4v) is 3.96. The van der Waals surface area contributed by atoms with Gasteiger partial charge in [-0.25, -0.2) is 4.99 Å². The standard InChI is InChI=1S/C17H20N4O/c1-2-4-15-14(3-1)17-18-16(7-10-21(17)22-15)20-12-11-19-8-5-13(20)6-9-19/h1-4,7,13H,5-6,8-12H2. The molecule has 5 nitrogen and oxygen atoms in total. The summed E-state index contributed by atoms with van der Waals surface area (Å²) in [5, 5.41) is 1.90. The summed E-state index contributed by atoms with van der Waals surface area (Å²) in [5.41, 5.74) is 1.11. The third kappa shape index (κ3) is 1.85. The van der Waals surface area contributed by atoms with E-state index in [9.17, 15) is 0 Å². The number of piperidine rings is 1. The molecule has 5 heteroatoms. The molecule has 5 aliphatic heterocycles. The average Bonchev–Trinajstić information content (AvgIpc) is 2.70. The molecule has 0 radical (unpaired) electrons. The largest absolute Gasteiger partial charge is 0.377 e. The summed E-state index contributed by atoms with van der Waals surface area (Å²) >= 11 is 0. The molecule has 0 N–H and O–H groups in total. The summed E-state index contributed by atoms with van der Waals surface area (Å²) in [4.78, 5) is 15.9. The van der Waals surface area contributed by atoms with Crippen molar-refractivity contribution in [2.75, 3.05) is 32.7 Å². The molecule has 0 amide bonds. The molecule has 2 bridgehead atoms. The van der Waals surface area contributed by atoms with Crippen LogP contribution >= 0.6 is 0 Å². The second kappa shape index (κ2) is 4.74. The number of hydrogen-bond acceptors (Lipinski definition) is 5. The van der Waals surface area contributed by atoms with Gasteiger partial charge in [-0.15, -0.1) is 0 Å². The number of nitrogens with zero attached hydrogens (tertiary/aromatic N) is 4. The predicted molar refractivity (Wildman–Crippen MR) is 84.6 cm³/mol. The molecule has 0 spiro atoms. The third-order valence-corrected chi connectivity index (χ3v) is 5.18. The number of benzene rings is 1. The van der Waals surface area contributed by atoms with Gasteiger partial charge in [-0.05, 0) is 31.1 Å².